The number of rotatable bonds is 10. The quantitative estimate of drug-likeness (QED) is 0.631. The zero-order valence-corrected chi connectivity index (χ0v) is 14.2. The number of hydrogen-bond acceptors (Lipinski definition) is 3. The Morgan fingerprint density at radius 2 is 1.95 bits per heavy atom. The summed E-state index contributed by atoms with van der Waals surface area (Å²) >= 11 is 0. The van der Waals surface area contributed by atoms with Gasteiger partial charge in [-0.2, -0.15) is 0 Å². The number of fused-ring (bicyclic) bond motifs is 1. The molecule has 0 atom stereocenters. The Labute approximate surface area is 134 Å². The van der Waals surface area contributed by atoms with Gasteiger partial charge in [-0.05, 0) is 52.5 Å². The van der Waals surface area contributed by atoms with E-state index in [2.05, 4.69) is 47.8 Å². The van der Waals surface area contributed by atoms with Crippen LogP contribution < -0.4 is 0 Å². The van der Waals surface area contributed by atoms with Crippen LogP contribution in [0.4, 0.5) is 0 Å². The molecule has 0 aliphatic heterocycles. The molecular formula is C18H29N3O. The minimum atomic E-state index is 0.754. The summed E-state index contributed by atoms with van der Waals surface area (Å²) in [4.78, 5) is 7.07. The van der Waals surface area contributed by atoms with Crippen LogP contribution in [0.3, 0.4) is 0 Å². The van der Waals surface area contributed by atoms with Crippen molar-refractivity contribution in [2.24, 2.45) is 0 Å². The number of benzene rings is 1. The van der Waals surface area contributed by atoms with Gasteiger partial charge in [-0.15, -0.1) is 0 Å². The first-order valence-corrected chi connectivity index (χ1v) is 8.39. The number of aryl methyl sites for hydroxylation is 1. The zero-order chi connectivity index (χ0) is 15.8. The molecular weight excluding hydrogens is 274 g/mol. The molecule has 0 fully saturated rings. The standard InChI is InChI=1S/C18H29N3O/c1-4-22-15-14-21-17-11-8-7-10-16(17)19-18(21)12-6-5-9-13-20(2)3/h7-8,10-11H,4-6,9,12-15H2,1-3H3. The van der Waals surface area contributed by atoms with E-state index < -0.39 is 0 Å². The van der Waals surface area contributed by atoms with Crippen LogP contribution in [0.15, 0.2) is 24.3 Å². The SMILES string of the molecule is CCOCCn1c(CCCCCN(C)C)nc2ccccc21. The molecule has 0 aliphatic carbocycles. The molecule has 0 radical (unpaired) electrons. The van der Waals surface area contributed by atoms with E-state index in [9.17, 15) is 0 Å². The summed E-state index contributed by atoms with van der Waals surface area (Å²) in [6.07, 6.45) is 4.76. The number of hydrogen-bond donors (Lipinski definition) is 0. The summed E-state index contributed by atoms with van der Waals surface area (Å²) in [5.41, 5.74) is 2.33. The maximum absolute atomic E-state index is 5.53. The molecule has 1 heterocycles. The van der Waals surface area contributed by atoms with Gasteiger partial charge < -0.3 is 14.2 Å². The van der Waals surface area contributed by atoms with Crippen LogP contribution in [-0.2, 0) is 17.7 Å². The fourth-order valence-corrected chi connectivity index (χ4v) is 2.75. The van der Waals surface area contributed by atoms with Crippen molar-refractivity contribution in [3.05, 3.63) is 30.1 Å². The van der Waals surface area contributed by atoms with Crippen LogP contribution >= 0.6 is 0 Å². The van der Waals surface area contributed by atoms with Crippen LogP contribution in [0.2, 0.25) is 0 Å². The Bertz CT molecular complexity index is 562. The third-order valence-corrected chi connectivity index (χ3v) is 3.90. The van der Waals surface area contributed by atoms with Gasteiger partial charge in [0.1, 0.15) is 5.82 Å². The maximum atomic E-state index is 5.53. The van der Waals surface area contributed by atoms with Crippen molar-refractivity contribution in [1.82, 2.24) is 14.5 Å². The first-order valence-electron chi connectivity index (χ1n) is 8.39. The summed E-state index contributed by atoms with van der Waals surface area (Å²) in [7, 11) is 4.26. The number of nitrogens with zero attached hydrogens (tertiary/aromatic N) is 3. The second kappa shape index (κ2) is 8.91. The van der Waals surface area contributed by atoms with Crippen LogP contribution in [0, 0.1) is 0 Å². The van der Waals surface area contributed by atoms with Crippen molar-refractivity contribution in [2.45, 2.75) is 39.2 Å². The van der Waals surface area contributed by atoms with Gasteiger partial charge in [-0.25, -0.2) is 4.98 Å². The molecule has 4 nitrogen and oxygen atoms in total. The predicted octanol–water partition coefficient (Wildman–Crippen LogP) is 3.35. The number of aromatic nitrogens is 2. The Morgan fingerprint density at radius 1 is 1.14 bits per heavy atom. The fraction of sp³-hybridized carbons (Fsp3) is 0.611. The summed E-state index contributed by atoms with van der Waals surface area (Å²) in [6, 6.07) is 8.40. The molecule has 122 valence electrons. The Balaban J connectivity index is 1.99. The topological polar surface area (TPSA) is 30.3 Å². The molecule has 1 aromatic heterocycles. The number of imidazole rings is 1. The molecule has 0 aliphatic rings. The highest BCUT2D eigenvalue weighted by Crippen LogP contribution is 2.17. The fourth-order valence-electron chi connectivity index (χ4n) is 2.75. The second-order valence-corrected chi connectivity index (χ2v) is 5.98. The van der Waals surface area contributed by atoms with Crippen molar-refractivity contribution < 1.29 is 4.74 Å². The zero-order valence-electron chi connectivity index (χ0n) is 14.2. The van der Waals surface area contributed by atoms with Gasteiger partial charge in [0.25, 0.3) is 0 Å². The van der Waals surface area contributed by atoms with Gasteiger partial charge in [-0.1, -0.05) is 18.6 Å². The molecule has 0 bridgehead atoms. The van der Waals surface area contributed by atoms with E-state index >= 15 is 0 Å². The summed E-state index contributed by atoms with van der Waals surface area (Å²) in [6.45, 7) is 5.62. The van der Waals surface area contributed by atoms with Crippen LogP contribution in [0.1, 0.15) is 32.0 Å². The van der Waals surface area contributed by atoms with Gasteiger partial charge in [0.2, 0.25) is 0 Å². The highest BCUT2D eigenvalue weighted by atomic mass is 16.5. The molecule has 1 aromatic carbocycles. The molecule has 0 unspecified atom stereocenters. The third-order valence-electron chi connectivity index (χ3n) is 3.90. The summed E-state index contributed by atoms with van der Waals surface area (Å²) < 4.78 is 7.86. The molecule has 2 rings (SSSR count). The van der Waals surface area contributed by atoms with Gasteiger partial charge in [-0.3, -0.25) is 0 Å². The first kappa shape index (κ1) is 17.0. The molecule has 0 amide bonds. The molecule has 0 spiro atoms. The van der Waals surface area contributed by atoms with Crippen molar-refractivity contribution in [3.63, 3.8) is 0 Å². The average Bonchev–Trinajstić information content (AvgIpc) is 2.85. The molecule has 0 N–H and O–H groups in total. The number of para-hydroxylation sites is 2. The predicted molar refractivity (Wildman–Crippen MR) is 92.3 cm³/mol. The molecule has 0 saturated carbocycles. The van der Waals surface area contributed by atoms with Crippen molar-refractivity contribution in [3.8, 4) is 0 Å². The molecule has 22 heavy (non-hydrogen) atoms. The van der Waals surface area contributed by atoms with Gasteiger partial charge in [0.05, 0.1) is 17.6 Å². The second-order valence-electron chi connectivity index (χ2n) is 5.98. The van der Waals surface area contributed by atoms with E-state index in [-0.39, 0.29) is 0 Å². The molecule has 4 heteroatoms. The van der Waals surface area contributed by atoms with Gasteiger partial charge >= 0.3 is 0 Å². The Hall–Kier alpha value is -1.39. The monoisotopic (exact) mass is 303 g/mol. The lowest BCUT2D eigenvalue weighted by atomic mass is 10.2. The van der Waals surface area contributed by atoms with E-state index in [1.165, 1.54) is 37.1 Å². The lowest BCUT2D eigenvalue weighted by molar-refractivity contribution is 0.139. The van der Waals surface area contributed by atoms with Crippen LogP contribution in [0.5, 0.6) is 0 Å². The maximum Gasteiger partial charge on any atom is 0.109 e. The third kappa shape index (κ3) is 4.82. The van der Waals surface area contributed by atoms with E-state index in [1.54, 1.807) is 0 Å². The number of ether oxygens (including phenoxy) is 1. The van der Waals surface area contributed by atoms with Crippen molar-refractivity contribution in [1.29, 1.82) is 0 Å². The number of unbranched alkanes of at least 4 members (excludes halogenated alkanes) is 2. The lowest BCUT2D eigenvalue weighted by Gasteiger charge is -2.10. The lowest BCUT2D eigenvalue weighted by Crippen LogP contribution is -2.13. The van der Waals surface area contributed by atoms with Crippen molar-refractivity contribution in [2.75, 3.05) is 33.9 Å². The Morgan fingerprint density at radius 3 is 2.73 bits per heavy atom. The molecule has 2 aromatic rings. The minimum absolute atomic E-state index is 0.754. The van der Waals surface area contributed by atoms with E-state index in [1.807, 2.05) is 6.92 Å². The van der Waals surface area contributed by atoms with Crippen LogP contribution in [-0.4, -0.2) is 48.3 Å². The van der Waals surface area contributed by atoms with Crippen molar-refractivity contribution >= 4 is 11.0 Å². The first-order chi connectivity index (χ1) is 10.7. The highest BCUT2D eigenvalue weighted by molar-refractivity contribution is 5.75. The minimum Gasteiger partial charge on any atom is -0.380 e. The van der Waals surface area contributed by atoms with E-state index in [0.717, 1.165) is 31.7 Å². The van der Waals surface area contributed by atoms with E-state index in [4.69, 9.17) is 9.72 Å². The van der Waals surface area contributed by atoms with E-state index in [0.29, 0.717) is 0 Å². The van der Waals surface area contributed by atoms with Gasteiger partial charge in [0, 0.05) is 19.6 Å². The summed E-state index contributed by atoms with van der Waals surface area (Å²) in [5.74, 6) is 1.20. The highest BCUT2D eigenvalue weighted by Gasteiger charge is 2.09. The normalized spacial score (nSPS) is 11.6. The average molecular weight is 303 g/mol. The smallest absolute Gasteiger partial charge is 0.109 e. The molecule has 0 saturated heterocycles. The Kier molecular flexibility index (Phi) is 6.87. The van der Waals surface area contributed by atoms with Gasteiger partial charge in [0.15, 0.2) is 0 Å². The van der Waals surface area contributed by atoms with Crippen LogP contribution in [0.25, 0.3) is 11.0 Å². The largest absolute Gasteiger partial charge is 0.380 e. The summed E-state index contributed by atoms with van der Waals surface area (Å²) in [5, 5.41) is 0.